The number of ether oxygens (including phenoxy) is 1. The van der Waals surface area contributed by atoms with Gasteiger partial charge in [0, 0.05) is 30.5 Å². The van der Waals surface area contributed by atoms with E-state index in [1.165, 1.54) is 0 Å². The summed E-state index contributed by atoms with van der Waals surface area (Å²) in [4.78, 5) is 11.7. The van der Waals surface area contributed by atoms with Gasteiger partial charge < -0.3 is 15.4 Å². The van der Waals surface area contributed by atoms with Crippen LogP contribution in [0.15, 0.2) is 24.3 Å². The van der Waals surface area contributed by atoms with E-state index in [-0.39, 0.29) is 12.0 Å². The molecular weight excluding hydrogens is 312 g/mol. The molecule has 1 aromatic carbocycles. The van der Waals surface area contributed by atoms with Crippen molar-refractivity contribution in [1.82, 2.24) is 10.6 Å². The monoisotopic (exact) mass is 338 g/mol. The van der Waals surface area contributed by atoms with Crippen LogP contribution in [-0.2, 0) is 9.53 Å². The molecule has 23 heavy (non-hydrogen) atoms. The highest BCUT2D eigenvalue weighted by molar-refractivity contribution is 6.30. The number of amides is 1. The third-order valence-electron chi connectivity index (χ3n) is 4.14. The molecule has 2 unspecified atom stereocenters. The molecule has 1 aromatic rings. The van der Waals surface area contributed by atoms with Crippen molar-refractivity contribution < 1.29 is 9.53 Å². The zero-order chi connectivity index (χ0) is 16.5. The molecule has 1 aliphatic rings. The van der Waals surface area contributed by atoms with Crippen molar-refractivity contribution in [3.63, 3.8) is 0 Å². The molecule has 2 atom stereocenters. The Kier molecular flexibility index (Phi) is 7.86. The first-order valence-corrected chi connectivity index (χ1v) is 8.93. The summed E-state index contributed by atoms with van der Waals surface area (Å²) >= 11 is 6.13. The van der Waals surface area contributed by atoms with Crippen molar-refractivity contribution >= 4 is 17.5 Å². The Hall–Kier alpha value is -1.10. The lowest BCUT2D eigenvalue weighted by Gasteiger charge is -2.31. The zero-order valence-corrected chi connectivity index (χ0v) is 14.6. The standard InChI is InChI=1S/C18H27ClN2O2/c1-2-9-21-17(22)8-11-23-18(15-6-4-10-20-13-15)14-5-3-7-16(19)12-14/h3,5,7,12,15,18,20H,2,4,6,8-11,13H2,1H3,(H,21,22). The van der Waals surface area contributed by atoms with Crippen molar-refractivity contribution in [2.45, 2.75) is 38.7 Å². The molecule has 1 fully saturated rings. The molecule has 1 aliphatic heterocycles. The van der Waals surface area contributed by atoms with Crippen molar-refractivity contribution in [3.05, 3.63) is 34.9 Å². The van der Waals surface area contributed by atoms with Gasteiger partial charge in [-0.1, -0.05) is 30.7 Å². The molecule has 0 radical (unpaired) electrons. The van der Waals surface area contributed by atoms with Crippen LogP contribution in [0, 0.1) is 5.92 Å². The molecular formula is C18H27ClN2O2. The number of carbonyl (C=O) groups excluding carboxylic acids is 1. The van der Waals surface area contributed by atoms with E-state index in [9.17, 15) is 4.79 Å². The number of nitrogens with one attached hydrogen (secondary N) is 2. The van der Waals surface area contributed by atoms with Gasteiger partial charge in [-0.3, -0.25) is 4.79 Å². The average molecular weight is 339 g/mol. The Balaban J connectivity index is 1.95. The van der Waals surface area contributed by atoms with Gasteiger partial charge >= 0.3 is 0 Å². The topological polar surface area (TPSA) is 50.4 Å². The summed E-state index contributed by atoms with van der Waals surface area (Å²) in [5.41, 5.74) is 1.10. The predicted molar refractivity (Wildman–Crippen MR) is 93.7 cm³/mol. The number of rotatable bonds is 8. The molecule has 1 saturated heterocycles. The predicted octanol–water partition coefficient (Wildman–Crippen LogP) is 3.31. The first-order valence-electron chi connectivity index (χ1n) is 8.55. The lowest BCUT2D eigenvalue weighted by atomic mass is 9.89. The lowest BCUT2D eigenvalue weighted by molar-refractivity contribution is -0.123. The molecule has 5 heteroatoms. The highest BCUT2D eigenvalue weighted by Gasteiger charge is 2.26. The minimum Gasteiger partial charge on any atom is -0.373 e. The minimum absolute atomic E-state index is 0.0134. The Morgan fingerprint density at radius 1 is 1.52 bits per heavy atom. The van der Waals surface area contributed by atoms with Gasteiger partial charge in [0.25, 0.3) is 0 Å². The Morgan fingerprint density at radius 3 is 3.09 bits per heavy atom. The van der Waals surface area contributed by atoms with Gasteiger partial charge in [-0.15, -0.1) is 0 Å². The maximum Gasteiger partial charge on any atom is 0.222 e. The van der Waals surface area contributed by atoms with E-state index in [4.69, 9.17) is 16.3 Å². The second kappa shape index (κ2) is 9.91. The van der Waals surface area contributed by atoms with E-state index in [1.54, 1.807) is 0 Å². The first kappa shape index (κ1) is 18.2. The smallest absolute Gasteiger partial charge is 0.222 e. The van der Waals surface area contributed by atoms with Crippen LogP contribution in [0.4, 0.5) is 0 Å². The second-order valence-corrected chi connectivity index (χ2v) is 6.49. The third kappa shape index (κ3) is 6.13. The molecule has 1 amide bonds. The van der Waals surface area contributed by atoms with Crippen LogP contribution >= 0.6 is 11.6 Å². The van der Waals surface area contributed by atoms with Crippen molar-refractivity contribution in [2.75, 3.05) is 26.2 Å². The molecule has 4 nitrogen and oxygen atoms in total. The summed E-state index contributed by atoms with van der Waals surface area (Å²) in [6.45, 7) is 5.21. The maximum absolute atomic E-state index is 11.7. The van der Waals surface area contributed by atoms with Gasteiger partial charge in [-0.05, 0) is 43.5 Å². The summed E-state index contributed by atoms with van der Waals surface area (Å²) in [5.74, 6) is 0.472. The van der Waals surface area contributed by atoms with E-state index in [2.05, 4.69) is 16.7 Å². The number of benzene rings is 1. The third-order valence-corrected chi connectivity index (χ3v) is 4.37. The van der Waals surface area contributed by atoms with Crippen LogP contribution in [0.1, 0.15) is 44.3 Å². The van der Waals surface area contributed by atoms with Gasteiger partial charge in [0.2, 0.25) is 5.91 Å². The highest BCUT2D eigenvalue weighted by atomic mass is 35.5. The first-order chi connectivity index (χ1) is 11.2. The quantitative estimate of drug-likeness (QED) is 0.764. The van der Waals surface area contributed by atoms with Gasteiger partial charge in [0.05, 0.1) is 12.7 Å². The summed E-state index contributed by atoms with van der Waals surface area (Å²) in [7, 11) is 0. The molecule has 128 valence electrons. The molecule has 0 saturated carbocycles. The fourth-order valence-corrected chi connectivity index (χ4v) is 3.16. The fourth-order valence-electron chi connectivity index (χ4n) is 2.96. The number of hydrogen-bond acceptors (Lipinski definition) is 3. The molecule has 1 heterocycles. The minimum atomic E-state index is -0.0134. The van der Waals surface area contributed by atoms with Gasteiger partial charge in [-0.2, -0.15) is 0 Å². The van der Waals surface area contributed by atoms with Crippen LogP contribution < -0.4 is 10.6 Å². The molecule has 2 rings (SSSR count). The van der Waals surface area contributed by atoms with Gasteiger partial charge in [-0.25, -0.2) is 0 Å². The van der Waals surface area contributed by atoms with E-state index in [1.807, 2.05) is 25.1 Å². The largest absolute Gasteiger partial charge is 0.373 e. The number of hydrogen-bond donors (Lipinski definition) is 2. The van der Waals surface area contributed by atoms with E-state index < -0.39 is 0 Å². The normalized spacial score (nSPS) is 19.3. The lowest BCUT2D eigenvalue weighted by Crippen LogP contribution is -2.34. The summed E-state index contributed by atoms with van der Waals surface area (Å²) in [5, 5.41) is 7.04. The SMILES string of the molecule is CCCNC(=O)CCOC(c1cccc(Cl)c1)C1CCCNC1. The Morgan fingerprint density at radius 2 is 2.39 bits per heavy atom. The fraction of sp³-hybridized carbons (Fsp3) is 0.611. The van der Waals surface area contributed by atoms with Crippen LogP contribution in [0.5, 0.6) is 0 Å². The second-order valence-electron chi connectivity index (χ2n) is 6.05. The Labute approximate surface area is 143 Å². The summed E-state index contributed by atoms with van der Waals surface area (Å²) < 4.78 is 6.11. The van der Waals surface area contributed by atoms with Crippen LogP contribution in [0.3, 0.4) is 0 Å². The molecule has 0 bridgehead atoms. The van der Waals surface area contributed by atoms with Crippen LogP contribution in [0.2, 0.25) is 5.02 Å². The van der Waals surface area contributed by atoms with E-state index in [0.717, 1.165) is 49.5 Å². The maximum atomic E-state index is 11.7. The molecule has 2 N–H and O–H groups in total. The van der Waals surface area contributed by atoms with Crippen molar-refractivity contribution in [2.24, 2.45) is 5.92 Å². The number of carbonyl (C=O) groups is 1. The van der Waals surface area contributed by atoms with Crippen LogP contribution in [-0.4, -0.2) is 32.1 Å². The van der Waals surface area contributed by atoms with Crippen LogP contribution in [0.25, 0.3) is 0 Å². The van der Waals surface area contributed by atoms with Gasteiger partial charge in [0.1, 0.15) is 0 Å². The van der Waals surface area contributed by atoms with Gasteiger partial charge in [0.15, 0.2) is 0 Å². The zero-order valence-electron chi connectivity index (χ0n) is 13.8. The van der Waals surface area contributed by atoms with Crippen molar-refractivity contribution in [3.8, 4) is 0 Å². The average Bonchev–Trinajstić information content (AvgIpc) is 2.57. The number of piperidine rings is 1. The Bertz CT molecular complexity index is 490. The highest BCUT2D eigenvalue weighted by Crippen LogP contribution is 2.32. The number of halogens is 1. The molecule has 0 aliphatic carbocycles. The molecule has 0 spiro atoms. The summed E-state index contributed by atoms with van der Waals surface area (Å²) in [6, 6.07) is 7.86. The van der Waals surface area contributed by atoms with E-state index >= 15 is 0 Å². The molecule has 0 aromatic heterocycles. The van der Waals surface area contributed by atoms with E-state index in [0.29, 0.717) is 18.9 Å². The summed E-state index contributed by atoms with van der Waals surface area (Å²) in [6.07, 6.45) is 3.62. The van der Waals surface area contributed by atoms with Crippen molar-refractivity contribution in [1.29, 1.82) is 0 Å².